The Kier molecular flexibility index (Phi) is 4.25. The van der Waals surface area contributed by atoms with Crippen LogP contribution in [0.2, 0.25) is 5.02 Å². The van der Waals surface area contributed by atoms with E-state index in [0.717, 1.165) is 16.7 Å². The van der Waals surface area contributed by atoms with Crippen LogP contribution < -0.4 is 20.8 Å². The fourth-order valence-corrected chi connectivity index (χ4v) is 2.57. The van der Waals surface area contributed by atoms with Crippen molar-refractivity contribution in [3.8, 4) is 11.5 Å². The van der Waals surface area contributed by atoms with Gasteiger partial charge in [-0.2, -0.15) is 9.78 Å². The highest BCUT2D eigenvalue weighted by Gasteiger charge is 2.15. The summed E-state index contributed by atoms with van der Waals surface area (Å²) in [7, 11) is 0. The molecule has 6 nitrogen and oxygen atoms in total. The molecule has 0 aliphatic carbocycles. The number of aryl methyl sites for hydroxylation is 1. The van der Waals surface area contributed by atoms with Crippen molar-refractivity contribution in [1.82, 2.24) is 4.68 Å². The van der Waals surface area contributed by atoms with Crippen LogP contribution in [0.1, 0.15) is 17.5 Å². The van der Waals surface area contributed by atoms with E-state index in [4.69, 9.17) is 26.8 Å². The van der Waals surface area contributed by atoms with Gasteiger partial charge in [0.05, 0.1) is 24.5 Å². The monoisotopic (exact) mass is 333 g/mol. The molecule has 3 rings (SSSR count). The molecule has 0 unspecified atom stereocenters. The molecule has 120 valence electrons. The van der Waals surface area contributed by atoms with E-state index in [1.165, 1.54) is 12.3 Å². The lowest BCUT2D eigenvalue weighted by Gasteiger charge is -2.10. The molecule has 0 saturated carbocycles. The number of ether oxygens (including phenoxy) is 2. The van der Waals surface area contributed by atoms with E-state index in [2.05, 4.69) is 5.10 Å². The minimum absolute atomic E-state index is 0.270. The first-order valence-electron chi connectivity index (χ1n) is 7.17. The Bertz CT molecular complexity index is 830. The minimum Gasteiger partial charge on any atom is -0.489 e. The highest BCUT2D eigenvalue weighted by molar-refractivity contribution is 6.32. The van der Waals surface area contributed by atoms with Gasteiger partial charge in [-0.25, -0.2) is 0 Å². The number of anilines is 1. The van der Waals surface area contributed by atoms with Gasteiger partial charge in [0.25, 0.3) is 5.56 Å². The van der Waals surface area contributed by atoms with E-state index in [9.17, 15) is 4.79 Å². The van der Waals surface area contributed by atoms with Gasteiger partial charge in [-0.3, -0.25) is 4.79 Å². The second kappa shape index (κ2) is 6.34. The number of benzene rings is 1. The van der Waals surface area contributed by atoms with Gasteiger partial charge in [0.1, 0.15) is 5.82 Å². The molecule has 0 atom stereocenters. The number of nitrogen functional groups attached to an aromatic ring is 1. The fourth-order valence-electron chi connectivity index (χ4n) is 2.29. The van der Waals surface area contributed by atoms with Crippen LogP contribution in [0.3, 0.4) is 0 Å². The number of rotatable bonds is 2. The molecule has 1 aromatic carbocycles. The highest BCUT2D eigenvalue weighted by Crippen LogP contribution is 2.37. The van der Waals surface area contributed by atoms with Crippen molar-refractivity contribution >= 4 is 23.6 Å². The molecular formula is C16H16ClN3O3. The second-order valence-electron chi connectivity index (χ2n) is 5.23. The molecule has 7 heteroatoms. The van der Waals surface area contributed by atoms with Gasteiger partial charge in [-0.15, -0.1) is 0 Å². The summed E-state index contributed by atoms with van der Waals surface area (Å²) in [5, 5.41) is 4.57. The smallest absolute Gasteiger partial charge is 0.273 e. The second-order valence-corrected chi connectivity index (χ2v) is 5.64. The summed E-state index contributed by atoms with van der Waals surface area (Å²) in [6, 6.07) is 6.62. The Hall–Kier alpha value is -2.47. The third kappa shape index (κ3) is 3.32. The van der Waals surface area contributed by atoms with Gasteiger partial charge in [0, 0.05) is 12.5 Å². The molecule has 2 N–H and O–H groups in total. The Morgan fingerprint density at radius 2 is 2.04 bits per heavy atom. The average molecular weight is 334 g/mol. The summed E-state index contributed by atoms with van der Waals surface area (Å²) >= 11 is 6.23. The van der Waals surface area contributed by atoms with Crippen molar-refractivity contribution in [2.75, 3.05) is 18.9 Å². The number of hydrogen-bond donors (Lipinski definition) is 1. The average Bonchev–Trinajstić information content (AvgIpc) is 2.72. The highest BCUT2D eigenvalue weighted by atomic mass is 35.5. The van der Waals surface area contributed by atoms with Crippen LogP contribution in [0.5, 0.6) is 11.5 Å². The molecule has 0 saturated heterocycles. The zero-order chi connectivity index (χ0) is 16.4. The predicted molar refractivity (Wildman–Crippen MR) is 89.9 cm³/mol. The van der Waals surface area contributed by atoms with E-state index >= 15 is 0 Å². The van der Waals surface area contributed by atoms with Gasteiger partial charge < -0.3 is 15.2 Å². The summed E-state index contributed by atoms with van der Waals surface area (Å²) in [4.78, 5) is 11.9. The topological polar surface area (TPSA) is 78.8 Å². The lowest BCUT2D eigenvalue weighted by molar-refractivity contribution is 0.297. The van der Waals surface area contributed by atoms with Gasteiger partial charge in [0.15, 0.2) is 11.5 Å². The first-order chi connectivity index (χ1) is 11.0. The standard InChI is InChI=1S/C16H16ClN3O3/c1-10-5-14(18)20(15(21)6-10)19-9-11-7-12(17)16-13(8-11)22-3-2-4-23-16/h5-9H,2-4,18H2,1H3/b19-9-. The molecule has 2 heterocycles. The molecular weight excluding hydrogens is 318 g/mol. The van der Waals surface area contributed by atoms with Crippen molar-refractivity contribution in [2.45, 2.75) is 13.3 Å². The summed E-state index contributed by atoms with van der Waals surface area (Å²) < 4.78 is 12.3. The van der Waals surface area contributed by atoms with Crippen LogP contribution in [-0.4, -0.2) is 24.1 Å². The van der Waals surface area contributed by atoms with Crippen molar-refractivity contribution in [2.24, 2.45) is 5.10 Å². The summed E-state index contributed by atoms with van der Waals surface area (Å²) in [6.45, 7) is 2.93. The van der Waals surface area contributed by atoms with Crippen LogP contribution in [0.15, 0.2) is 34.2 Å². The van der Waals surface area contributed by atoms with Crippen LogP contribution in [0, 0.1) is 6.92 Å². The molecule has 23 heavy (non-hydrogen) atoms. The lowest BCUT2D eigenvalue weighted by atomic mass is 10.2. The minimum atomic E-state index is -0.292. The molecule has 0 fully saturated rings. The molecule has 1 aliphatic rings. The zero-order valence-electron chi connectivity index (χ0n) is 12.6. The van der Waals surface area contributed by atoms with Crippen LogP contribution in [-0.2, 0) is 0 Å². The van der Waals surface area contributed by atoms with E-state index in [1.807, 2.05) is 0 Å². The maximum atomic E-state index is 11.9. The van der Waals surface area contributed by atoms with Crippen LogP contribution in [0.4, 0.5) is 5.82 Å². The SMILES string of the molecule is Cc1cc(N)n(/N=C\c2cc(Cl)c3c(c2)OCCCO3)c(=O)c1. The third-order valence-electron chi connectivity index (χ3n) is 3.33. The number of fused-ring (bicyclic) bond motifs is 1. The van der Waals surface area contributed by atoms with Gasteiger partial charge in [-0.1, -0.05) is 11.6 Å². The number of halogens is 1. The first-order valence-corrected chi connectivity index (χ1v) is 7.55. The number of pyridine rings is 1. The Labute approximate surface area is 138 Å². The lowest BCUT2D eigenvalue weighted by Crippen LogP contribution is -2.19. The van der Waals surface area contributed by atoms with Crippen molar-refractivity contribution < 1.29 is 9.47 Å². The van der Waals surface area contributed by atoms with E-state index in [-0.39, 0.29) is 11.4 Å². The molecule has 0 radical (unpaired) electrons. The zero-order valence-corrected chi connectivity index (χ0v) is 13.3. The van der Waals surface area contributed by atoms with Crippen LogP contribution >= 0.6 is 11.6 Å². The van der Waals surface area contributed by atoms with Crippen molar-refractivity contribution in [3.63, 3.8) is 0 Å². The number of hydrogen-bond acceptors (Lipinski definition) is 5. The Balaban J connectivity index is 1.96. The molecule has 1 aromatic heterocycles. The Morgan fingerprint density at radius 1 is 1.26 bits per heavy atom. The Morgan fingerprint density at radius 3 is 2.83 bits per heavy atom. The summed E-state index contributed by atoms with van der Waals surface area (Å²) in [5.41, 5.74) is 7.01. The summed E-state index contributed by atoms with van der Waals surface area (Å²) in [6.07, 6.45) is 2.30. The summed E-state index contributed by atoms with van der Waals surface area (Å²) in [5.74, 6) is 1.38. The molecule has 0 spiro atoms. The largest absolute Gasteiger partial charge is 0.489 e. The van der Waals surface area contributed by atoms with Crippen molar-refractivity contribution in [3.05, 3.63) is 50.8 Å². The molecule has 0 bridgehead atoms. The maximum Gasteiger partial charge on any atom is 0.273 e. The fraction of sp³-hybridized carbons (Fsp3) is 0.250. The van der Waals surface area contributed by atoms with Gasteiger partial charge in [-0.05, 0) is 36.2 Å². The van der Waals surface area contributed by atoms with Crippen LogP contribution in [0.25, 0.3) is 0 Å². The first kappa shape index (κ1) is 15.4. The number of nitrogens with two attached hydrogens (primary N) is 1. The van der Waals surface area contributed by atoms with E-state index in [1.54, 1.807) is 25.1 Å². The molecule has 0 amide bonds. The third-order valence-corrected chi connectivity index (χ3v) is 3.61. The van der Waals surface area contributed by atoms with Gasteiger partial charge >= 0.3 is 0 Å². The normalized spacial score (nSPS) is 14.0. The van der Waals surface area contributed by atoms with E-state index < -0.39 is 0 Å². The molecule has 1 aliphatic heterocycles. The van der Waals surface area contributed by atoms with Gasteiger partial charge in [0.2, 0.25) is 0 Å². The number of nitrogens with zero attached hydrogens (tertiary/aromatic N) is 2. The van der Waals surface area contributed by atoms with E-state index in [0.29, 0.717) is 35.3 Å². The number of aromatic nitrogens is 1. The quantitative estimate of drug-likeness (QED) is 0.856. The predicted octanol–water partition coefficient (Wildman–Crippen LogP) is 2.44. The van der Waals surface area contributed by atoms with Crippen molar-refractivity contribution in [1.29, 1.82) is 0 Å². The molecule has 2 aromatic rings. The maximum absolute atomic E-state index is 11.9.